The van der Waals surface area contributed by atoms with Crippen LogP contribution in [0.3, 0.4) is 0 Å². The van der Waals surface area contributed by atoms with Crippen LogP contribution in [0.15, 0.2) is 158 Å². The van der Waals surface area contributed by atoms with Crippen molar-refractivity contribution in [2.75, 3.05) is 0 Å². The maximum absolute atomic E-state index is 12.9. The van der Waals surface area contributed by atoms with Crippen molar-refractivity contribution >= 4 is 21.8 Å². The zero-order valence-electron chi connectivity index (χ0n) is 28.9. The molecular formula is C48H37NO2. The third-order valence-corrected chi connectivity index (χ3v) is 11.4. The lowest BCUT2D eigenvalue weighted by Gasteiger charge is -2.27. The van der Waals surface area contributed by atoms with Gasteiger partial charge in [-0.05, 0) is 80.8 Å². The number of aromatic nitrogens is 1. The Bertz CT molecular complexity index is 2460. The minimum absolute atomic E-state index is 0.0375. The monoisotopic (exact) mass is 659 g/mol. The molecule has 3 heteroatoms. The van der Waals surface area contributed by atoms with Gasteiger partial charge in [0.2, 0.25) is 0 Å². The van der Waals surface area contributed by atoms with E-state index in [-0.39, 0.29) is 5.41 Å². The van der Waals surface area contributed by atoms with Crippen molar-refractivity contribution in [3.05, 3.63) is 197 Å². The van der Waals surface area contributed by atoms with Gasteiger partial charge in [-0.2, -0.15) is 0 Å². The third kappa shape index (κ3) is 4.02. The van der Waals surface area contributed by atoms with Gasteiger partial charge in [0.15, 0.2) is 0 Å². The summed E-state index contributed by atoms with van der Waals surface area (Å²) in [5, 5.41) is 27.8. The number of nitrogens with zero attached hydrogens (tertiary/aromatic N) is 1. The molecule has 0 saturated heterocycles. The van der Waals surface area contributed by atoms with Crippen LogP contribution in [0.4, 0.5) is 0 Å². The van der Waals surface area contributed by atoms with E-state index in [1.807, 2.05) is 72.8 Å². The molecule has 0 amide bonds. The largest absolute Gasteiger partial charge is 0.376 e. The molecule has 0 bridgehead atoms. The molecule has 8 aromatic rings. The molecule has 0 fully saturated rings. The highest BCUT2D eigenvalue weighted by Gasteiger charge is 2.44. The summed E-state index contributed by atoms with van der Waals surface area (Å²) < 4.78 is 2.31. The summed E-state index contributed by atoms with van der Waals surface area (Å²) in [6, 6.07) is 54.4. The minimum Gasteiger partial charge on any atom is -0.376 e. The van der Waals surface area contributed by atoms with Gasteiger partial charge in [-0.25, -0.2) is 0 Å². The third-order valence-electron chi connectivity index (χ3n) is 11.4. The van der Waals surface area contributed by atoms with Gasteiger partial charge in [0.25, 0.3) is 0 Å². The van der Waals surface area contributed by atoms with Crippen molar-refractivity contribution in [3.8, 4) is 27.9 Å². The van der Waals surface area contributed by atoms with Gasteiger partial charge in [0.05, 0.1) is 11.0 Å². The Morgan fingerprint density at radius 1 is 0.431 bits per heavy atom. The molecule has 0 unspecified atom stereocenters. The van der Waals surface area contributed by atoms with Crippen molar-refractivity contribution in [3.63, 3.8) is 0 Å². The van der Waals surface area contributed by atoms with Crippen LogP contribution < -0.4 is 0 Å². The van der Waals surface area contributed by atoms with Gasteiger partial charge in [-0.15, -0.1) is 0 Å². The highest BCUT2D eigenvalue weighted by Crippen LogP contribution is 2.53. The first-order valence-electron chi connectivity index (χ1n) is 17.7. The Labute approximate surface area is 297 Å². The Kier molecular flexibility index (Phi) is 6.14. The maximum Gasteiger partial charge on any atom is 0.141 e. The van der Waals surface area contributed by atoms with E-state index in [0.717, 1.165) is 83.1 Å². The predicted octanol–water partition coefficient (Wildman–Crippen LogP) is 10.6. The zero-order valence-corrected chi connectivity index (χ0v) is 28.9. The zero-order chi connectivity index (χ0) is 34.7. The molecule has 2 aliphatic rings. The number of fused-ring (bicyclic) bond motifs is 9. The molecule has 0 radical (unpaired) electrons. The summed E-state index contributed by atoms with van der Waals surface area (Å²) in [6.45, 7) is 6.71. The van der Waals surface area contributed by atoms with Crippen LogP contribution in [0.5, 0.6) is 0 Å². The average molecular weight is 660 g/mol. The van der Waals surface area contributed by atoms with Crippen LogP contribution in [-0.4, -0.2) is 14.8 Å². The van der Waals surface area contributed by atoms with E-state index < -0.39 is 11.2 Å². The summed E-state index contributed by atoms with van der Waals surface area (Å²) in [5.41, 5.74) is 11.2. The van der Waals surface area contributed by atoms with E-state index in [9.17, 15) is 10.2 Å². The van der Waals surface area contributed by atoms with Crippen LogP contribution in [0.1, 0.15) is 59.7 Å². The molecule has 246 valence electrons. The fourth-order valence-electron chi connectivity index (χ4n) is 8.91. The molecule has 7 aromatic carbocycles. The minimum atomic E-state index is -1.32. The lowest BCUT2D eigenvalue weighted by Crippen LogP contribution is -2.26. The molecule has 2 N–H and O–H groups in total. The lowest BCUT2D eigenvalue weighted by molar-refractivity contribution is 0.130. The van der Waals surface area contributed by atoms with Crippen LogP contribution in [0, 0.1) is 0 Å². The first-order chi connectivity index (χ1) is 24.7. The molecule has 0 spiro atoms. The van der Waals surface area contributed by atoms with Gasteiger partial charge in [-0.3, -0.25) is 0 Å². The number of rotatable bonds is 3. The maximum atomic E-state index is 12.9. The highest BCUT2D eigenvalue weighted by atomic mass is 16.3. The molecule has 1 aromatic heterocycles. The van der Waals surface area contributed by atoms with Crippen LogP contribution in [-0.2, 0) is 16.6 Å². The molecule has 3 nitrogen and oxygen atoms in total. The van der Waals surface area contributed by atoms with Gasteiger partial charge in [0.1, 0.15) is 11.2 Å². The van der Waals surface area contributed by atoms with E-state index in [4.69, 9.17) is 0 Å². The van der Waals surface area contributed by atoms with Gasteiger partial charge >= 0.3 is 0 Å². The molecule has 0 atom stereocenters. The molecule has 2 aliphatic carbocycles. The summed E-state index contributed by atoms with van der Waals surface area (Å²) in [6.07, 6.45) is 0. The van der Waals surface area contributed by atoms with E-state index in [0.29, 0.717) is 0 Å². The fourth-order valence-corrected chi connectivity index (χ4v) is 8.91. The highest BCUT2D eigenvalue weighted by molar-refractivity contribution is 6.10. The SMILES string of the molecule is CC(C)(C)c1ccc(-n2c3ccc(C4(O)c5ccccc5-c5ccccc54)cc3c3cc(C4(O)c5ccccc5-c5ccccc54)ccc32)cc1. The fraction of sp³-hybridized carbons (Fsp3) is 0.125. The summed E-state index contributed by atoms with van der Waals surface area (Å²) >= 11 is 0. The van der Waals surface area contributed by atoms with Gasteiger partial charge in [-0.1, -0.05) is 142 Å². The molecule has 1 heterocycles. The molecule has 10 rings (SSSR count). The van der Waals surface area contributed by atoms with E-state index in [2.05, 4.69) is 110 Å². The smallest absolute Gasteiger partial charge is 0.141 e. The van der Waals surface area contributed by atoms with Crippen molar-refractivity contribution in [1.82, 2.24) is 4.57 Å². The quantitative estimate of drug-likeness (QED) is 0.198. The normalized spacial score (nSPS) is 15.1. The Morgan fingerprint density at radius 2 is 0.784 bits per heavy atom. The van der Waals surface area contributed by atoms with E-state index >= 15 is 0 Å². The Morgan fingerprint density at radius 3 is 1.14 bits per heavy atom. The Balaban J connectivity index is 1.25. The second kappa shape index (κ2) is 10.4. The number of aliphatic hydroxyl groups is 2. The van der Waals surface area contributed by atoms with Gasteiger partial charge < -0.3 is 14.8 Å². The first-order valence-corrected chi connectivity index (χ1v) is 17.7. The van der Waals surface area contributed by atoms with Crippen molar-refractivity contribution in [1.29, 1.82) is 0 Å². The second-order valence-corrected chi connectivity index (χ2v) is 15.2. The molecule has 0 aliphatic heterocycles. The number of hydrogen-bond acceptors (Lipinski definition) is 2. The standard InChI is InChI=1S/C48H37NO2/c1-46(2,3)30-20-24-33(25-21-30)49-44-26-22-31(47(50)40-16-8-4-12-34(40)35-13-5-9-17-41(35)47)28-38(44)39-29-32(23-27-45(39)49)48(51)42-18-10-6-14-36(42)37-15-7-11-19-43(37)48/h4-29,50-51H,1-3H3. The molecule has 0 saturated carbocycles. The predicted molar refractivity (Wildman–Crippen MR) is 207 cm³/mol. The van der Waals surface area contributed by atoms with Crippen molar-refractivity contribution < 1.29 is 10.2 Å². The average Bonchev–Trinajstić information content (AvgIpc) is 3.73. The van der Waals surface area contributed by atoms with Crippen molar-refractivity contribution in [2.45, 2.75) is 37.4 Å². The second-order valence-electron chi connectivity index (χ2n) is 15.2. The van der Waals surface area contributed by atoms with E-state index in [1.54, 1.807) is 0 Å². The molecular weight excluding hydrogens is 623 g/mol. The van der Waals surface area contributed by atoms with E-state index in [1.165, 1.54) is 5.56 Å². The Hall–Kier alpha value is -5.74. The first kappa shape index (κ1) is 30.1. The summed E-state index contributed by atoms with van der Waals surface area (Å²) in [5.74, 6) is 0. The number of hydrogen-bond donors (Lipinski definition) is 2. The van der Waals surface area contributed by atoms with Crippen LogP contribution >= 0.6 is 0 Å². The lowest BCUT2D eigenvalue weighted by atomic mass is 9.83. The number of benzene rings is 7. The topological polar surface area (TPSA) is 45.4 Å². The van der Waals surface area contributed by atoms with Crippen LogP contribution in [0.2, 0.25) is 0 Å². The van der Waals surface area contributed by atoms with Crippen LogP contribution in [0.25, 0.3) is 49.7 Å². The summed E-state index contributed by atoms with van der Waals surface area (Å²) in [4.78, 5) is 0. The van der Waals surface area contributed by atoms with Crippen molar-refractivity contribution in [2.24, 2.45) is 0 Å². The summed E-state index contributed by atoms with van der Waals surface area (Å²) in [7, 11) is 0. The molecule has 51 heavy (non-hydrogen) atoms. The van der Waals surface area contributed by atoms with Gasteiger partial charge in [0, 0.05) is 38.7 Å².